The Bertz CT molecular complexity index is 1390. The Morgan fingerprint density at radius 2 is 1.58 bits per heavy atom. The summed E-state index contributed by atoms with van der Waals surface area (Å²) in [6, 6.07) is 26.7. The van der Waals surface area contributed by atoms with Crippen molar-refractivity contribution in [3.63, 3.8) is 0 Å². The van der Waals surface area contributed by atoms with Crippen LogP contribution in [0, 0.1) is 12.7 Å². The zero-order chi connectivity index (χ0) is 26.5. The summed E-state index contributed by atoms with van der Waals surface area (Å²) in [4.78, 5) is 27.4. The van der Waals surface area contributed by atoms with E-state index in [9.17, 15) is 9.18 Å². The smallest absolute Gasteiger partial charge is 0.230 e. The number of anilines is 1. The minimum Gasteiger partial charge on any atom is -0.353 e. The minimum atomic E-state index is -0.310. The number of aryl methyl sites for hydroxylation is 1. The molecule has 1 aliphatic rings. The van der Waals surface area contributed by atoms with Gasteiger partial charge in [-0.15, -0.1) is 0 Å². The van der Waals surface area contributed by atoms with Crippen LogP contribution in [-0.2, 0) is 11.2 Å². The second-order valence-corrected chi connectivity index (χ2v) is 9.79. The predicted molar refractivity (Wildman–Crippen MR) is 150 cm³/mol. The highest BCUT2D eigenvalue weighted by Crippen LogP contribution is 2.29. The van der Waals surface area contributed by atoms with E-state index in [1.807, 2.05) is 66.4 Å². The van der Waals surface area contributed by atoms with Gasteiger partial charge in [0, 0.05) is 49.4 Å². The van der Waals surface area contributed by atoms with Crippen molar-refractivity contribution in [2.24, 2.45) is 0 Å². The number of piperazine rings is 1. The lowest BCUT2D eigenvalue weighted by atomic mass is 9.94. The van der Waals surface area contributed by atoms with Crippen molar-refractivity contribution in [2.45, 2.75) is 32.6 Å². The highest BCUT2D eigenvalue weighted by Gasteiger charge is 2.29. The quantitative estimate of drug-likeness (QED) is 0.306. The van der Waals surface area contributed by atoms with Gasteiger partial charge in [-0.25, -0.2) is 14.4 Å². The summed E-state index contributed by atoms with van der Waals surface area (Å²) >= 11 is 0. The third-order valence-electron chi connectivity index (χ3n) is 7.30. The monoisotopic (exact) mass is 508 g/mol. The Labute approximate surface area is 224 Å². The number of nitrogens with zero attached hydrogens (tertiary/aromatic N) is 4. The van der Waals surface area contributed by atoms with Crippen LogP contribution in [0.1, 0.15) is 41.6 Å². The number of amides is 1. The Morgan fingerprint density at radius 3 is 2.24 bits per heavy atom. The predicted octanol–water partition coefficient (Wildman–Crippen LogP) is 6.02. The summed E-state index contributed by atoms with van der Waals surface area (Å²) in [6.45, 7) is 6.68. The fourth-order valence-electron chi connectivity index (χ4n) is 5.20. The third kappa shape index (κ3) is 5.59. The van der Waals surface area contributed by atoms with E-state index in [0.29, 0.717) is 44.0 Å². The lowest BCUT2D eigenvalue weighted by Gasteiger charge is -2.38. The molecule has 38 heavy (non-hydrogen) atoms. The van der Waals surface area contributed by atoms with Crippen molar-refractivity contribution < 1.29 is 9.18 Å². The molecule has 1 atom stereocenters. The molecule has 1 amide bonds. The molecule has 0 saturated carbocycles. The van der Waals surface area contributed by atoms with Crippen molar-refractivity contribution in [3.8, 4) is 11.4 Å². The summed E-state index contributed by atoms with van der Waals surface area (Å²) in [7, 11) is 0. The van der Waals surface area contributed by atoms with Crippen LogP contribution in [0.5, 0.6) is 0 Å². The molecule has 1 aromatic heterocycles. The van der Waals surface area contributed by atoms with E-state index in [1.54, 1.807) is 6.07 Å². The van der Waals surface area contributed by atoms with Crippen molar-refractivity contribution in [2.75, 3.05) is 31.1 Å². The lowest BCUT2D eigenvalue weighted by molar-refractivity contribution is -0.133. The average Bonchev–Trinajstić information content (AvgIpc) is 2.95. The van der Waals surface area contributed by atoms with Crippen LogP contribution in [0.15, 0.2) is 84.9 Å². The van der Waals surface area contributed by atoms with E-state index in [0.717, 1.165) is 29.1 Å². The highest BCUT2D eigenvalue weighted by atomic mass is 19.1. The van der Waals surface area contributed by atoms with Gasteiger partial charge >= 0.3 is 0 Å². The summed E-state index contributed by atoms with van der Waals surface area (Å²) in [5.74, 6) is 1.12. The normalized spacial score (nSPS) is 14.4. The summed E-state index contributed by atoms with van der Waals surface area (Å²) in [5, 5.41) is 0. The number of rotatable bonds is 7. The zero-order valence-corrected chi connectivity index (χ0v) is 22.0. The molecule has 0 N–H and O–H groups in total. The fourth-order valence-corrected chi connectivity index (χ4v) is 5.20. The van der Waals surface area contributed by atoms with Gasteiger partial charge in [-0.3, -0.25) is 4.79 Å². The van der Waals surface area contributed by atoms with Crippen molar-refractivity contribution in [1.29, 1.82) is 0 Å². The van der Waals surface area contributed by atoms with Crippen LogP contribution in [0.2, 0.25) is 0 Å². The second kappa shape index (κ2) is 11.5. The van der Waals surface area contributed by atoms with Crippen molar-refractivity contribution >= 4 is 11.7 Å². The van der Waals surface area contributed by atoms with Crippen LogP contribution in [0.4, 0.5) is 10.2 Å². The Hall–Kier alpha value is -4.06. The largest absolute Gasteiger partial charge is 0.353 e. The average molecular weight is 509 g/mol. The molecule has 5 nitrogen and oxygen atoms in total. The number of carbonyl (C=O) groups excluding carboxylic acids is 1. The maximum absolute atomic E-state index is 14.0. The molecule has 0 unspecified atom stereocenters. The number of benzene rings is 3. The first-order valence-electron chi connectivity index (χ1n) is 13.3. The fraction of sp³-hybridized carbons (Fsp3) is 0.281. The van der Waals surface area contributed by atoms with Crippen LogP contribution in [0.3, 0.4) is 0 Å². The molecule has 0 spiro atoms. The van der Waals surface area contributed by atoms with Gasteiger partial charge in [0.1, 0.15) is 11.6 Å². The number of carbonyl (C=O) groups is 1. The third-order valence-corrected chi connectivity index (χ3v) is 7.30. The molecule has 5 rings (SSSR count). The number of aromatic nitrogens is 2. The van der Waals surface area contributed by atoms with Crippen molar-refractivity contribution in [3.05, 3.63) is 113 Å². The first-order valence-corrected chi connectivity index (χ1v) is 13.3. The van der Waals surface area contributed by atoms with Gasteiger partial charge in [0.25, 0.3) is 0 Å². The molecule has 3 aromatic carbocycles. The zero-order valence-electron chi connectivity index (χ0n) is 22.0. The Balaban J connectivity index is 1.42. The minimum absolute atomic E-state index is 0.128. The van der Waals surface area contributed by atoms with Gasteiger partial charge in [0.15, 0.2) is 5.82 Å². The molecular weight excluding hydrogens is 475 g/mol. The number of hydrogen-bond donors (Lipinski definition) is 0. The number of halogens is 1. The number of hydrogen-bond acceptors (Lipinski definition) is 4. The molecule has 0 radical (unpaired) electrons. The van der Waals surface area contributed by atoms with E-state index >= 15 is 0 Å². The van der Waals surface area contributed by atoms with E-state index in [1.165, 1.54) is 17.7 Å². The first kappa shape index (κ1) is 25.6. The molecule has 1 fully saturated rings. The maximum Gasteiger partial charge on any atom is 0.230 e. The van der Waals surface area contributed by atoms with E-state index in [-0.39, 0.29) is 17.6 Å². The standard InChI is InChI=1S/C32H33FN4O/c1-3-28(25-13-8-5-9-14-25)32(38)37-19-17-36(18-20-37)31-29(21-24-11-6-4-7-12-24)23(2)34-30(35-31)26-15-10-16-27(33)22-26/h4-16,22,28H,3,17-21H2,1-2H3/t28-/m1/s1. The van der Waals surface area contributed by atoms with Crippen LogP contribution in [-0.4, -0.2) is 47.0 Å². The van der Waals surface area contributed by atoms with E-state index in [4.69, 9.17) is 9.97 Å². The Kier molecular flexibility index (Phi) is 7.78. The lowest BCUT2D eigenvalue weighted by Crippen LogP contribution is -2.50. The highest BCUT2D eigenvalue weighted by molar-refractivity contribution is 5.84. The molecule has 1 aliphatic heterocycles. The summed E-state index contributed by atoms with van der Waals surface area (Å²) in [5.41, 5.74) is 4.85. The van der Waals surface area contributed by atoms with Gasteiger partial charge in [-0.2, -0.15) is 0 Å². The van der Waals surface area contributed by atoms with Crippen LogP contribution >= 0.6 is 0 Å². The molecule has 4 aromatic rings. The van der Waals surface area contributed by atoms with Crippen LogP contribution in [0.25, 0.3) is 11.4 Å². The molecule has 0 bridgehead atoms. The van der Waals surface area contributed by atoms with Crippen molar-refractivity contribution in [1.82, 2.24) is 14.9 Å². The molecule has 1 saturated heterocycles. The maximum atomic E-state index is 14.0. The van der Waals surface area contributed by atoms with E-state index in [2.05, 4.69) is 24.0 Å². The second-order valence-electron chi connectivity index (χ2n) is 9.79. The van der Waals surface area contributed by atoms with Gasteiger partial charge in [0.05, 0.1) is 5.92 Å². The molecular formula is C32H33FN4O. The summed E-state index contributed by atoms with van der Waals surface area (Å²) < 4.78 is 14.0. The van der Waals surface area contributed by atoms with Gasteiger partial charge in [-0.1, -0.05) is 79.7 Å². The summed E-state index contributed by atoms with van der Waals surface area (Å²) in [6.07, 6.45) is 1.48. The van der Waals surface area contributed by atoms with E-state index < -0.39 is 0 Å². The molecule has 6 heteroatoms. The van der Waals surface area contributed by atoms with Gasteiger partial charge in [-0.05, 0) is 36.6 Å². The molecule has 0 aliphatic carbocycles. The van der Waals surface area contributed by atoms with Crippen LogP contribution < -0.4 is 4.90 Å². The Morgan fingerprint density at radius 1 is 0.895 bits per heavy atom. The molecule has 194 valence electrons. The van der Waals surface area contributed by atoms with Gasteiger partial charge in [0.2, 0.25) is 5.91 Å². The first-order chi connectivity index (χ1) is 18.5. The molecule has 2 heterocycles. The topological polar surface area (TPSA) is 49.3 Å². The van der Waals surface area contributed by atoms with Gasteiger partial charge < -0.3 is 9.80 Å². The SMILES string of the molecule is CC[C@@H](C(=O)N1CCN(c2nc(-c3cccc(F)c3)nc(C)c2Cc2ccccc2)CC1)c1ccccc1.